The van der Waals surface area contributed by atoms with E-state index in [0.717, 1.165) is 26.2 Å². The number of carbonyl (C=O) groups excluding carboxylic acids is 1. The molecule has 0 aliphatic carbocycles. The number of ether oxygens (including phenoxy) is 1. The van der Waals surface area contributed by atoms with Crippen molar-refractivity contribution in [3.8, 4) is 0 Å². The summed E-state index contributed by atoms with van der Waals surface area (Å²) in [7, 11) is 0. The Morgan fingerprint density at radius 1 is 0.912 bits per heavy atom. The minimum atomic E-state index is -0.309. The third kappa shape index (κ3) is 4.98. The highest BCUT2D eigenvalue weighted by molar-refractivity contribution is 5.93. The van der Waals surface area contributed by atoms with Crippen molar-refractivity contribution in [3.63, 3.8) is 0 Å². The van der Waals surface area contributed by atoms with Crippen molar-refractivity contribution >= 4 is 17.3 Å². The summed E-state index contributed by atoms with van der Waals surface area (Å²) in [5.74, 6) is -0.569. The Hall–Kier alpha value is -3.22. The second-order valence-corrected chi connectivity index (χ2v) is 8.96. The predicted octanol–water partition coefficient (Wildman–Crippen LogP) is 4.71. The van der Waals surface area contributed by atoms with Gasteiger partial charge in [0.15, 0.2) is 0 Å². The lowest BCUT2D eigenvalue weighted by Gasteiger charge is -2.40. The Balaban J connectivity index is 1.26. The van der Waals surface area contributed by atoms with E-state index in [4.69, 9.17) is 4.74 Å². The van der Waals surface area contributed by atoms with Gasteiger partial charge in [-0.1, -0.05) is 60.7 Å². The third-order valence-corrected chi connectivity index (χ3v) is 6.77. The van der Waals surface area contributed by atoms with Crippen molar-refractivity contribution in [1.82, 2.24) is 4.90 Å². The third-order valence-electron chi connectivity index (χ3n) is 6.77. The van der Waals surface area contributed by atoms with Crippen molar-refractivity contribution in [2.45, 2.75) is 12.5 Å². The molecule has 0 aromatic heterocycles. The molecule has 0 bridgehead atoms. The summed E-state index contributed by atoms with van der Waals surface area (Å²) in [5, 5.41) is 2.83. The van der Waals surface area contributed by atoms with Gasteiger partial charge < -0.3 is 15.0 Å². The van der Waals surface area contributed by atoms with E-state index in [2.05, 4.69) is 63.6 Å². The summed E-state index contributed by atoms with van der Waals surface area (Å²) in [6, 6.07) is 26.3. The molecule has 0 radical (unpaired) electrons. The van der Waals surface area contributed by atoms with Gasteiger partial charge in [0, 0.05) is 38.5 Å². The average Bonchev–Trinajstić information content (AvgIpc) is 3.42. The highest BCUT2D eigenvalue weighted by atomic mass is 19.1. The summed E-state index contributed by atoms with van der Waals surface area (Å²) >= 11 is 0. The van der Waals surface area contributed by atoms with Crippen LogP contribution in [0.15, 0.2) is 78.9 Å². The molecule has 3 aromatic rings. The van der Waals surface area contributed by atoms with Crippen LogP contribution in [0.3, 0.4) is 0 Å². The molecule has 0 unspecified atom stereocenters. The lowest BCUT2D eigenvalue weighted by Crippen LogP contribution is -2.48. The standard InChI is InChI=1S/C28H30FN3O2/c29-25-19-24(30-28(33)23-13-18-34-20-23)11-12-26(25)31-14-16-32(17-15-31)27(21-7-3-1-4-8-21)22-9-5-2-6-10-22/h1-12,19,23,27H,13-18,20H2,(H,30,33)/t23-/m0/s1. The number of hydrogen-bond acceptors (Lipinski definition) is 4. The number of anilines is 2. The van der Waals surface area contributed by atoms with Crippen LogP contribution in [0.4, 0.5) is 15.8 Å². The topological polar surface area (TPSA) is 44.8 Å². The van der Waals surface area contributed by atoms with Gasteiger partial charge in [-0.05, 0) is 35.7 Å². The molecule has 0 spiro atoms. The molecule has 3 aromatic carbocycles. The van der Waals surface area contributed by atoms with E-state index in [-0.39, 0.29) is 23.7 Å². The molecular weight excluding hydrogens is 429 g/mol. The zero-order valence-corrected chi connectivity index (χ0v) is 19.2. The molecule has 2 fully saturated rings. The molecule has 1 atom stereocenters. The maximum Gasteiger partial charge on any atom is 0.229 e. The van der Waals surface area contributed by atoms with Crippen molar-refractivity contribution < 1.29 is 13.9 Å². The van der Waals surface area contributed by atoms with Crippen molar-refractivity contribution in [2.24, 2.45) is 5.92 Å². The van der Waals surface area contributed by atoms with Crippen LogP contribution < -0.4 is 10.2 Å². The van der Waals surface area contributed by atoms with Gasteiger partial charge in [-0.25, -0.2) is 4.39 Å². The fourth-order valence-corrected chi connectivity index (χ4v) is 4.93. The first-order valence-electron chi connectivity index (χ1n) is 12.0. The van der Waals surface area contributed by atoms with Crippen LogP contribution in [0.1, 0.15) is 23.6 Å². The zero-order chi connectivity index (χ0) is 23.3. The highest BCUT2D eigenvalue weighted by Gasteiger charge is 2.28. The monoisotopic (exact) mass is 459 g/mol. The maximum atomic E-state index is 15.0. The molecule has 2 heterocycles. The molecule has 2 aliphatic rings. The lowest BCUT2D eigenvalue weighted by molar-refractivity contribution is -0.119. The van der Waals surface area contributed by atoms with E-state index in [0.29, 0.717) is 31.0 Å². The smallest absolute Gasteiger partial charge is 0.229 e. The Morgan fingerprint density at radius 3 is 2.12 bits per heavy atom. The van der Waals surface area contributed by atoms with Crippen LogP contribution in [0, 0.1) is 11.7 Å². The van der Waals surface area contributed by atoms with E-state index < -0.39 is 0 Å². The number of piperazine rings is 1. The summed E-state index contributed by atoms with van der Waals surface area (Å²) in [6.45, 7) is 4.16. The minimum absolute atomic E-state index is 0.105. The zero-order valence-electron chi connectivity index (χ0n) is 19.2. The Bertz CT molecular complexity index is 1060. The molecule has 34 heavy (non-hydrogen) atoms. The van der Waals surface area contributed by atoms with Gasteiger partial charge in [0.05, 0.1) is 24.3 Å². The van der Waals surface area contributed by atoms with E-state index >= 15 is 4.39 Å². The minimum Gasteiger partial charge on any atom is -0.381 e. The summed E-state index contributed by atoms with van der Waals surface area (Å²) in [6.07, 6.45) is 0.712. The van der Waals surface area contributed by atoms with Gasteiger partial charge in [-0.3, -0.25) is 9.69 Å². The van der Waals surface area contributed by atoms with Gasteiger partial charge in [0.25, 0.3) is 0 Å². The normalized spacial score (nSPS) is 18.9. The van der Waals surface area contributed by atoms with Crippen LogP contribution in [0.5, 0.6) is 0 Å². The number of rotatable bonds is 6. The van der Waals surface area contributed by atoms with Crippen LogP contribution in [-0.4, -0.2) is 50.2 Å². The van der Waals surface area contributed by atoms with E-state index in [1.165, 1.54) is 17.2 Å². The number of amides is 1. The Labute approximate surface area is 200 Å². The molecule has 1 amide bonds. The molecule has 5 rings (SSSR count). The summed E-state index contributed by atoms with van der Waals surface area (Å²) in [4.78, 5) is 16.9. The molecular formula is C28H30FN3O2. The molecule has 0 saturated carbocycles. The second-order valence-electron chi connectivity index (χ2n) is 8.96. The molecule has 2 saturated heterocycles. The van der Waals surface area contributed by atoms with Gasteiger partial charge in [0.2, 0.25) is 5.91 Å². The fourth-order valence-electron chi connectivity index (χ4n) is 4.93. The molecule has 5 nitrogen and oxygen atoms in total. The molecule has 6 heteroatoms. The summed E-state index contributed by atoms with van der Waals surface area (Å²) < 4.78 is 20.3. The number of nitrogens with one attached hydrogen (secondary N) is 1. The Kier molecular flexibility index (Phi) is 6.88. The van der Waals surface area contributed by atoms with Crippen LogP contribution in [0.2, 0.25) is 0 Å². The van der Waals surface area contributed by atoms with E-state index in [1.54, 1.807) is 12.1 Å². The van der Waals surface area contributed by atoms with Gasteiger partial charge in [-0.2, -0.15) is 0 Å². The molecule has 1 N–H and O–H groups in total. The van der Waals surface area contributed by atoms with Gasteiger partial charge in [-0.15, -0.1) is 0 Å². The SMILES string of the molecule is O=C(Nc1ccc(N2CCN(C(c3ccccc3)c3ccccc3)CC2)c(F)c1)[C@H]1CCOC1. The fraction of sp³-hybridized carbons (Fsp3) is 0.321. The number of hydrogen-bond donors (Lipinski definition) is 1. The predicted molar refractivity (Wildman–Crippen MR) is 132 cm³/mol. The van der Waals surface area contributed by atoms with Crippen LogP contribution in [-0.2, 0) is 9.53 Å². The van der Waals surface area contributed by atoms with Crippen molar-refractivity contribution in [1.29, 1.82) is 0 Å². The van der Waals surface area contributed by atoms with E-state index in [1.807, 2.05) is 12.1 Å². The molecule has 176 valence electrons. The first-order chi connectivity index (χ1) is 16.7. The number of benzene rings is 3. The first kappa shape index (κ1) is 22.6. The lowest BCUT2D eigenvalue weighted by atomic mass is 9.96. The molecule has 2 aliphatic heterocycles. The number of halogens is 1. The quantitative estimate of drug-likeness (QED) is 0.580. The first-order valence-corrected chi connectivity index (χ1v) is 12.0. The van der Waals surface area contributed by atoms with E-state index in [9.17, 15) is 4.79 Å². The van der Waals surface area contributed by atoms with Crippen molar-refractivity contribution in [2.75, 3.05) is 49.6 Å². The van der Waals surface area contributed by atoms with Gasteiger partial charge in [0.1, 0.15) is 5.82 Å². The Morgan fingerprint density at radius 2 is 1.56 bits per heavy atom. The van der Waals surface area contributed by atoms with Gasteiger partial charge >= 0.3 is 0 Å². The van der Waals surface area contributed by atoms with Crippen molar-refractivity contribution in [3.05, 3.63) is 95.8 Å². The number of carbonyl (C=O) groups is 1. The van der Waals surface area contributed by atoms with Crippen LogP contribution in [0.25, 0.3) is 0 Å². The maximum absolute atomic E-state index is 15.0. The highest BCUT2D eigenvalue weighted by Crippen LogP contribution is 2.31. The number of nitrogens with zero attached hydrogens (tertiary/aromatic N) is 2. The van der Waals surface area contributed by atoms with Crippen LogP contribution >= 0.6 is 0 Å². The average molecular weight is 460 g/mol. The largest absolute Gasteiger partial charge is 0.381 e. The second kappa shape index (κ2) is 10.4. The summed E-state index contributed by atoms with van der Waals surface area (Å²) in [5.41, 5.74) is 3.60.